The van der Waals surface area contributed by atoms with Gasteiger partial charge in [0.2, 0.25) is 11.9 Å². The smallest absolute Gasteiger partial charge is 0.250 e. The number of rotatable bonds is 7. The number of methoxy groups -OCH3 is 2. The number of benzene rings is 3. The maximum Gasteiger partial charge on any atom is 0.250 e. The first-order valence-electron chi connectivity index (χ1n) is 11.7. The minimum atomic E-state index is -0.311. The molecule has 0 radical (unpaired) electrons. The minimum absolute atomic E-state index is 0.0839. The first kappa shape index (κ1) is 24.6. The van der Waals surface area contributed by atoms with Crippen LogP contribution in [0, 0.1) is 5.82 Å². The third-order valence-electron chi connectivity index (χ3n) is 6.28. The third-order valence-corrected chi connectivity index (χ3v) is 6.53. The van der Waals surface area contributed by atoms with Crippen LogP contribution >= 0.6 is 11.6 Å². The van der Waals surface area contributed by atoms with Crippen molar-refractivity contribution >= 4 is 29.4 Å². The normalized spacial score (nSPS) is 16.4. The Labute approximate surface area is 218 Å². The number of carbonyl (C=O) groups excluding carboxylic acids is 1. The molecule has 2 N–H and O–H groups in total. The summed E-state index contributed by atoms with van der Waals surface area (Å²) in [6.07, 6.45) is 0.745. The van der Waals surface area contributed by atoms with Gasteiger partial charge in [0, 0.05) is 5.02 Å². The van der Waals surface area contributed by atoms with Crippen LogP contribution in [0.4, 0.5) is 16.3 Å². The second-order valence-corrected chi connectivity index (χ2v) is 9.11. The number of anilines is 2. The van der Waals surface area contributed by atoms with Gasteiger partial charge in [-0.15, -0.1) is 5.10 Å². The average molecular weight is 522 g/mol. The van der Waals surface area contributed by atoms with Crippen molar-refractivity contribution < 1.29 is 18.7 Å². The summed E-state index contributed by atoms with van der Waals surface area (Å²) >= 11 is 6.08. The molecular formula is C27H25ClFN5O3. The number of nitrogens with zero attached hydrogens (tertiary/aromatic N) is 3. The van der Waals surface area contributed by atoms with Gasteiger partial charge in [0.1, 0.15) is 5.82 Å². The molecule has 1 aliphatic heterocycles. The summed E-state index contributed by atoms with van der Waals surface area (Å²) in [5.74, 6) is 1.22. The molecule has 190 valence electrons. The van der Waals surface area contributed by atoms with E-state index in [1.54, 1.807) is 49.2 Å². The van der Waals surface area contributed by atoms with E-state index < -0.39 is 0 Å². The van der Waals surface area contributed by atoms with Gasteiger partial charge in [-0.2, -0.15) is 4.98 Å². The molecule has 2 heterocycles. The number of halogens is 2. The van der Waals surface area contributed by atoms with E-state index in [0.717, 1.165) is 16.7 Å². The van der Waals surface area contributed by atoms with Gasteiger partial charge in [0.05, 0.1) is 32.7 Å². The van der Waals surface area contributed by atoms with Gasteiger partial charge in [-0.3, -0.25) is 10.1 Å². The average Bonchev–Trinajstić information content (AvgIpc) is 3.31. The summed E-state index contributed by atoms with van der Waals surface area (Å²) in [4.78, 5) is 17.4. The van der Waals surface area contributed by atoms with Gasteiger partial charge in [-0.05, 0) is 59.5 Å². The fraction of sp³-hybridized carbons (Fsp3) is 0.222. The number of carbonyl (C=O) groups is 1. The molecule has 37 heavy (non-hydrogen) atoms. The molecule has 0 bridgehead atoms. The molecule has 1 aliphatic rings. The van der Waals surface area contributed by atoms with Crippen LogP contribution in [0.3, 0.4) is 0 Å². The molecular weight excluding hydrogens is 497 g/mol. The highest BCUT2D eigenvalue weighted by Gasteiger charge is 2.31. The molecule has 1 aromatic heterocycles. The number of fused-ring (bicyclic) bond motifs is 1. The lowest BCUT2D eigenvalue weighted by molar-refractivity contribution is -0.115. The fourth-order valence-corrected chi connectivity index (χ4v) is 4.58. The summed E-state index contributed by atoms with van der Waals surface area (Å²) in [7, 11) is 3.10. The lowest BCUT2D eigenvalue weighted by atomic mass is 9.93. The van der Waals surface area contributed by atoms with Crippen LogP contribution in [0.5, 0.6) is 11.5 Å². The van der Waals surface area contributed by atoms with E-state index in [1.165, 1.54) is 12.1 Å². The van der Waals surface area contributed by atoms with Crippen LogP contribution in [0.25, 0.3) is 0 Å². The predicted octanol–water partition coefficient (Wildman–Crippen LogP) is 5.42. The standard InChI is InChI=1S/C27H25ClFN5O3/c1-36-23-12-3-16(13-24(23)37-2)14-25(35)31-26-32-27-30-21(17-4-8-19(28)9-5-17)15-22(34(27)33-26)18-6-10-20(29)11-7-18/h3-13,21-22H,14-15H2,1-2H3,(H2,30,31,32,33,35)/t21-,22-/m1/s1. The fourth-order valence-electron chi connectivity index (χ4n) is 4.45. The molecule has 1 amide bonds. The van der Waals surface area contributed by atoms with Crippen LogP contribution in [-0.4, -0.2) is 34.9 Å². The summed E-state index contributed by atoms with van der Waals surface area (Å²) in [6.45, 7) is 0. The molecule has 0 saturated heterocycles. The molecule has 4 aromatic rings. The Kier molecular flexibility index (Phi) is 6.96. The van der Waals surface area contributed by atoms with Crippen molar-refractivity contribution in [3.8, 4) is 11.5 Å². The highest BCUT2D eigenvalue weighted by molar-refractivity contribution is 6.30. The van der Waals surface area contributed by atoms with Crippen LogP contribution in [0.1, 0.15) is 35.2 Å². The molecule has 10 heteroatoms. The second-order valence-electron chi connectivity index (χ2n) is 8.67. The largest absolute Gasteiger partial charge is 0.493 e. The van der Waals surface area contributed by atoms with Crippen molar-refractivity contribution in [2.24, 2.45) is 0 Å². The summed E-state index contributed by atoms with van der Waals surface area (Å²) in [5.41, 5.74) is 2.67. The maximum absolute atomic E-state index is 13.6. The quantitative estimate of drug-likeness (QED) is 0.338. The van der Waals surface area contributed by atoms with Gasteiger partial charge < -0.3 is 14.8 Å². The molecule has 8 nitrogen and oxygen atoms in total. The van der Waals surface area contributed by atoms with Crippen molar-refractivity contribution in [1.82, 2.24) is 14.8 Å². The SMILES string of the molecule is COc1ccc(CC(=O)Nc2nc3n(n2)[C@@H](c2ccc(F)cc2)C[C@H](c2ccc(Cl)cc2)N3)cc1OC. The molecule has 0 fully saturated rings. The first-order chi connectivity index (χ1) is 17.9. The topological polar surface area (TPSA) is 90.3 Å². The van der Waals surface area contributed by atoms with E-state index >= 15 is 0 Å². The van der Waals surface area contributed by atoms with Gasteiger partial charge in [-0.25, -0.2) is 9.07 Å². The lowest BCUT2D eigenvalue weighted by Gasteiger charge is -2.31. The Hall–Kier alpha value is -4.11. The van der Waals surface area contributed by atoms with Crippen LogP contribution in [0.15, 0.2) is 66.7 Å². The molecule has 0 spiro atoms. The number of amides is 1. The zero-order valence-corrected chi connectivity index (χ0v) is 21.0. The second kappa shape index (κ2) is 10.5. The highest BCUT2D eigenvalue weighted by Crippen LogP contribution is 2.38. The summed E-state index contributed by atoms with van der Waals surface area (Å²) < 4.78 is 25.9. The van der Waals surface area contributed by atoms with E-state index in [1.807, 2.05) is 24.3 Å². The van der Waals surface area contributed by atoms with Crippen molar-refractivity contribution in [2.45, 2.75) is 24.9 Å². The van der Waals surface area contributed by atoms with Gasteiger partial charge >= 0.3 is 0 Å². The minimum Gasteiger partial charge on any atom is -0.493 e. The van der Waals surface area contributed by atoms with Gasteiger partial charge in [-0.1, -0.05) is 41.9 Å². The zero-order valence-electron chi connectivity index (χ0n) is 20.2. The summed E-state index contributed by atoms with van der Waals surface area (Å²) in [6, 6.07) is 18.9. The summed E-state index contributed by atoms with van der Waals surface area (Å²) in [5, 5.41) is 11.4. The third kappa shape index (κ3) is 5.36. The predicted molar refractivity (Wildman–Crippen MR) is 139 cm³/mol. The Bertz CT molecular complexity index is 1410. The van der Waals surface area contributed by atoms with Gasteiger partial charge in [0.15, 0.2) is 11.5 Å². The van der Waals surface area contributed by atoms with Crippen LogP contribution < -0.4 is 20.1 Å². The first-order valence-corrected chi connectivity index (χ1v) is 12.1. The molecule has 5 rings (SSSR count). The Balaban J connectivity index is 1.39. The monoisotopic (exact) mass is 521 g/mol. The van der Waals surface area contributed by atoms with E-state index in [0.29, 0.717) is 28.9 Å². The number of ether oxygens (including phenoxy) is 2. The zero-order chi connectivity index (χ0) is 25.9. The highest BCUT2D eigenvalue weighted by atomic mass is 35.5. The van der Waals surface area contributed by atoms with E-state index in [2.05, 4.69) is 20.7 Å². The van der Waals surface area contributed by atoms with Gasteiger partial charge in [0.25, 0.3) is 5.95 Å². The lowest BCUT2D eigenvalue weighted by Crippen LogP contribution is -2.28. The molecule has 2 atom stereocenters. The Morgan fingerprint density at radius 3 is 2.46 bits per heavy atom. The molecule has 0 unspecified atom stereocenters. The number of hydrogen-bond acceptors (Lipinski definition) is 6. The number of nitrogens with one attached hydrogen (secondary N) is 2. The Morgan fingerprint density at radius 2 is 1.76 bits per heavy atom. The van der Waals surface area contributed by atoms with E-state index in [-0.39, 0.29) is 36.2 Å². The Morgan fingerprint density at radius 1 is 1.05 bits per heavy atom. The van der Waals surface area contributed by atoms with Crippen molar-refractivity contribution in [2.75, 3.05) is 24.9 Å². The molecule has 3 aromatic carbocycles. The van der Waals surface area contributed by atoms with Crippen molar-refractivity contribution in [3.05, 3.63) is 94.3 Å². The van der Waals surface area contributed by atoms with E-state index in [4.69, 9.17) is 21.1 Å². The van der Waals surface area contributed by atoms with E-state index in [9.17, 15) is 9.18 Å². The number of hydrogen-bond donors (Lipinski definition) is 2. The number of aromatic nitrogens is 3. The van der Waals surface area contributed by atoms with Crippen LogP contribution in [0.2, 0.25) is 5.02 Å². The maximum atomic E-state index is 13.6. The van der Waals surface area contributed by atoms with Crippen molar-refractivity contribution in [1.29, 1.82) is 0 Å². The van der Waals surface area contributed by atoms with Crippen LogP contribution in [-0.2, 0) is 11.2 Å². The van der Waals surface area contributed by atoms with Crippen molar-refractivity contribution in [3.63, 3.8) is 0 Å². The molecule has 0 aliphatic carbocycles. The molecule has 0 saturated carbocycles.